The molecule has 0 aromatic rings. The number of nitrogens with one attached hydrogen (secondary N) is 1. The lowest BCUT2D eigenvalue weighted by Gasteiger charge is -2.37. The minimum absolute atomic E-state index is 0.114. The molecule has 6 heteroatoms. The highest BCUT2D eigenvalue weighted by molar-refractivity contribution is 5.74. The Morgan fingerprint density at radius 3 is 2.88 bits per heavy atom. The van der Waals surface area contributed by atoms with Crippen molar-refractivity contribution in [2.75, 3.05) is 26.2 Å². The van der Waals surface area contributed by atoms with E-state index in [4.69, 9.17) is 9.84 Å². The van der Waals surface area contributed by atoms with Gasteiger partial charge in [-0.25, -0.2) is 0 Å². The molecule has 0 radical (unpaired) electrons. The Kier molecular flexibility index (Phi) is 5.37. The molecule has 1 fully saturated rings. The maximum absolute atomic E-state index is 11.4. The van der Waals surface area contributed by atoms with E-state index in [1.807, 2.05) is 11.8 Å². The van der Waals surface area contributed by atoms with Crippen LogP contribution in [0.25, 0.3) is 0 Å². The average molecular weight is 244 g/mol. The molecule has 2 N–H and O–H groups in total. The van der Waals surface area contributed by atoms with Crippen molar-refractivity contribution < 1.29 is 19.4 Å². The third kappa shape index (κ3) is 3.98. The zero-order valence-electron chi connectivity index (χ0n) is 10.3. The quantitative estimate of drug-likeness (QED) is 0.646. The molecule has 1 rings (SSSR count). The predicted octanol–water partition coefficient (Wildman–Crippen LogP) is -0.313. The topological polar surface area (TPSA) is 78.9 Å². The summed E-state index contributed by atoms with van der Waals surface area (Å²) in [5.74, 6) is -1.13. The number of carboxylic acids is 1. The summed E-state index contributed by atoms with van der Waals surface area (Å²) in [6.45, 7) is 5.78. The summed E-state index contributed by atoms with van der Waals surface area (Å²) < 4.78 is 4.87. The minimum Gasteiger partial charge on any atom is -0.480 e. The van der Waals surface area contributed by atoms with Crippen LogP contribution in [0.5, 0.6) is 0 Å². The Labute approximate surface area is 101 Å². The molecular formula is C11H20N2O4. The van der Waals surface area contributed by atoms with Gasteiger partial charge in [0.15, 0.2) is 0 Å². The van der Waals surface area contributed by atoms with E-state index in [-0.39, 0.29) is 18.4 Å². The smallest absolute Gasteiger partial charge is 0.322 e. The molecule has 0 amide bonds. The van der Waals surface area contributed by atoms with E-state index < -0.39 is 12.0 Å². The van der Waals surface area contributed by atoms with Gasteiger partial charge in [0.1, 0.15) is 6.04 Å². The number of hydrogen-bond donors (Lipinski definition) is 2. The van der Waals surface area contributed by atoms with Crippen molar-refractivity contribution in [3.8, 4) is 0 Å². The highest BCUT2D eigenvalue weighted by Crippen LogP contribution is 2.12. The number of carbonyl (C=O) groups excluding carboxylic acids is 1. The molecular weight excluding hydrogens is 224 g/mol. The van der Waals surface area contributed by atoms with Crippen LogP contribution >= 0.6 is 0 Å². The van der Waals surface area contributed by atoms with Crippen LogP contribution in [-0.4, -0.2) is 60.3 Å². The van der Waals surface area contributed by atoms with Crippen LogP contribution in [0.4, 0.5) is 0 Å². The number of nitrogens with zero attached hydrogens (tertiary/aromatic N) is 1. The first-order chi connectivity index (χ1) is 8.06. The lowest BCUT2D eigenvalue weighted by Crippen LogP contribution is -2.58. The number of rotatable bonds is 5. The van der Waals surface area contributed by atoms with E-state index in [9.17, 15) is 9.59 Å². The van der Waals surface area contributed by atoms with E-state index in [1.165, 1.54) is 0 Å². The molecule has 1 saturated heterocycles. The fourth-order valence-corrected chi connectivity index (χ4v) is 2.06. The summed E-state index contributed by atoms with van der Waals surface area (Å²) in [6, 6.07) is -0.676. The van der Waals surface area contributed by atoms with Gasteiger partial charge in [0.25, 0.3) is 0 Å². The van der Waals surface area contributed by atoms with Gasteiger partial charge in [-0.05, 0) is 13.8 Å². The molecule has 6 nitrogen and oxygen atoms in total. The lowest BCUT2D eigenvalue weighted by molar-refractivity contribution is -0.149. The molecule has 17 heavy (non-hydrogen) atoms. The summed E-state index contributed by atoms with van der Waals surface area (Å²) in [6.07, 6.45) is 0.234. The Bertz CT molecular complexity index is 283. The Hall–Kier alpha value is -1.14. The van der Waals surface area contributed by atoms with Gasteiger partial charge < -0.3 is 15.2 Å². The molecule has 0 aliphatic carbocycles. The number of piperazine rings is 1. The Morgan fingerprint density at radius 1 is 1.59 bits per heavy atom. The maximum atomic E-state index is 11.4. The largest absolute Gasteiger partial charge is 0.480 e. The molecule has 98 valence electrons. The molecule has 0 aromatic carbocycles. The minimum atomic E-state index is -0.854. The second-order valence-electron chi connectivity index (χ2n) is 4.15. The van der Waals surface area contributed by atoms with Crippen LogP contribution in [0.15, 0.2) is 0 Å². The number of aliphatic carboxylic acids is 1. The van der Waals surface area contributed by atoms with Gasteiger partial charge >= 0.3 is 11.9 Å². The van der Waals surface area contributed by atoms with Crippen LogP contribution in [0, 0.1) is 0 Å². The summed E-state index contributed by atoms with van der Waals surface area (Å²) in [7, 11) is 0. The third-order valence-corrected chi connectivity index (χ3v) is 2.90. The number of ether oxygens (including phenoxy) is 1. The van der Waals surface area contributed by atoms with E-state index >= 15 is 0 Å². The summed E-state index contributed by atoms with van der Waals surface area (Å²) >= 11 is 0. The number of esters is 1. The molecule has 2 atom stereocenters. The molecule has 0 spiro atoms. The normalized spacial score (nSPS) is 23.1. The first-order valence-electron chi connectivity index (χ1n) is 5.91. The highest BCUT2D eigenvalue weighted by Gasteiger charge is 2.32. The van der Waals surface area contributed by atoms with Crippen molar-refractivity contribution >= 4 is 11.9 Å². The van der Waals surface area contributed by atoms with Crippen molar-refractivity contribution in [2.45, 2.75) is 32.4 Å². The fourth-order valence-electron chi connectivity index (χ4n) is 2.06. The van der Waals surface area contributed by atoms with Crippen molar-refractivity contribution in [1.82, 2.24) is 10.2 Å². The second kappa shape index (κ2) is 6.56. The molecule has 0 bridgehead atoms. The number of carbonyl (C=O) groups is 2. The van der Waals surface area contributed by atoms with Crippen molar-refractivity contribution in [2.24, 2.45) is 0 Å². The van der Waals surface area contributed by atoms with Crippen LogP contribution in [0.2, 0.25) is 0 Å². The molecule has 0 aromatic heterocycles. The van der Waals surface area contributed by atoms with Crippen molar-refractivity contribution in [3.63, 3.8) is 0 Å². The molecule has 1 aliphatic rings. The van der Waals surface area contributed by atoms with Gasteiger partial charge in [0.05, 0.1) is 13.0 Å². The SMILES string of the molecule is CCOC(=O)CC(C)N1CCNCC1C(=O)O. The van der Waals surface area contributed by atoms with Gasteiger partial charge in [0, 0.05) is 25.7 Å². The van der Waals surface area contributed by atoms with Gasteiger partial charge in [-0.1, -0.05) is 0 Å². The summed E-state index contributed by atoms with van der Waals surface area (Å²) in [5.41, 5.74) is 0. The van der Waals surface area contributed by atoms with Gasteiger partial charge in [-0.3, -0.25) is 14.5 Å². The summed E-state index contributed by atoms with van der Waals surface area (Å²) in [4.78, 5) is 24.3. The zero-order chi connectivity index (χ0) is 12.8. The lowest BCUT2D eigenvalue weighted by atomic mass is 10.1. The fraction of sp³-hybridized carbons (Fsp3) is 0.818. The first-order valence-corrected chi connectivity index (χ1v) is 5.91. The number of hydrogen-bond acceptors (Lipinski definition) is 5. The van der Waals surface area contributed by atoms with Crippen molar-refractivity contribution in [3.05, 3.63) is 0 Å². The Balaban J connectivity index is 2.55. The molecule has 2 unspecified atom stereocenters. The van der Waals surface area contributed by atoms with Gasteiger partial charge in [0.2, 0.25) is 0 Å². The maximum Gasteiger partial charge on any atom is 0.322 e. The van der Waals surface area contributed by atoms with Crippen LogP contribution in [-0.2, 0) is 14.3 Å². The monoisotopic (exact) mass is 244 g/mol. The Morgan fingerprint density at radius 2 is 2.29 bits per heavy atom. The zero-order valence-corrected chi connectivity index (χ0v) is 10.3. The van der Waals surface area contributed by atoms with Crippen LogP contribution in [0.1, 0.15) is 20.3 Å². The molecule has 1 aliphatic heterocycles. The molecule has 0 saturated carbocycles. The van der Waals surface area contributed by atoms with E-state index in [0.717, 1.165) is 6.54 Å². The first kappa shape index (κ1) is 13.9. The van der Waals surface area contributed by atoms with Crippen LogP contribution in [0.3, 0.4) is 0 Å². The standard InChI is InChI=1S/C11H20N2O4/c1-3-17-10(14)6-8(2)13-5-4-12-7-9(13)11(15)16/h8-9,12H,3-7H2,1-2H3,(H,15,16). The summed E-state index contributed by atoms with van der Waals surface area (Å²) in [5, 5.41) is 12.1. The van der Waals surface area contributed by atoms with E-state index in [1.54, 1.807) is 6.92 Å². The second-order valence-corrected chi connectivity index (χ2v) is 4.15. The highest BCUT2D eigenvalue weighted by atomic mass is 16.5. The average Bonchev–Trinajstić information content (AvgIpc) is 2.29. The van der Waals surface area contributed by atoms with Gasteiger partial charge in [-0.15, -0.1) is 0 Å². The van der Waals surface area contributed by atoms with Crippen molar-refractivity contribution in [1.29, 1.82) is 0 Å². The van der Waals surface area contributed by atoms with Crippen LogP contribution < -0.4 is 5.32 Å². The van der Waals surface area contributed by atoms with E-state index in [0.29, 0.717) is 19.7 Å². The molecule has 1 heterocycles. The number of carboxylic acid groups (broad SMARTS) is 1. The predicted molar refractivity (Wildman–Crippen MR) is 61.7 cm³/mol. The third-order valence-electron chi connectivity index (χ3n) is 2.90. The van der Waals surface area contributed by atoms with E-state index in [2.05, 4.69) is 5.32 Å². The van der Waals surface area contributed by atoms with Gasteiger partial charge in [-0.2, -0.15) is 0 Å².